The highest BCUT2D eigenvalue weighted by molar-refractivity contribution is 5.95. The number of aromatic carboxylic acids is 1. The van der Waals surface area contributed by atoms with Gasteiger partial charge < -0.3 is 10.8 Å². The Bertz CT molecular complexity index is 850. The van der Waals surface area contributed by atoms with Crippen LogP contribution >= 0.6 is 0 Å². The van der Waals surface area contributed by atoms with E-state index in [9.17, 15) is 14.7 Å². The third kappa shape index (κ3) is 13.9. The smallest absolute Gasteiger partial charge is 0.337 e. The van der Waals surface area contributed by atoms with Gasteiger partial charge in [0.15, 0.2) is 5.78 Å². The number of ketones is 1. The van der Waals surface area contributed by atoms with Crippen LogP contribution < -0.4 is 5.73 Å². The molecule has 1 heterocycles. The zero-order chi connectivity index (χ0) is 24.2. The molecule has 1 aromatic rings. The van der Waals surface area contributed by atoms with E-state index in [1.54, 1.807) is 18.2 Å². The van der Waals surface area contributed by atoms with Crippen LogP contribution in [-0.2, 0) is 11.2 Å². The molecule has 5 nitrogen and oxygen atoms in total. The summed E-state index contributed by atoms with van der Waals surface area (Å²) in [5.41, 5.74) is 6.48. The minimum Gasteiger partial charge on any atom is -0.478 e. The summed E-state index contributed by atoms with van der Waals surface area (Å²) in [7, 11) is 0. The normalized spacial score (nSPS) is 13.3. The number of unbranched alkanes of at least 4 members (excludes halogenated alkanes) is 7. The van der Waals surface area contributed by atoms with Crippen molar-refractivity contribution in [2.24, 2.45) is 5.73 Å². The number of hydrogen-bond acceptors (Lipinski definition) is 4. The molecule has 3 N–H and O–H groups in total. The number of allylic oxidation sites excluding steroid dienone is 9. The second-order valence-corrected chi connectivity index (χ2v) is 7.90. The Kier molecular flexibility index (Phi) is 15.7. The summed E-state index contributed by atoms with van der Waals surface area (Å²) in [4.78, 5) is 27.2. The summed E-state index contributed by atoms with van der Waals surface area (Å²) >= 11 is 0. The number of pyridine rings is 1. The highest BCUT2D eigenvalue weighted by Gasteiger charge is 2.16. The summed E-state index contributed by atoms with van der Waals surface area (Å²) in [5.74, 6) is -1.34. The summed E-state index contributed by atoms with van der Waals surface area (Å²) in [6.07, 6.45) is 32.0. The molecule has 5 heteroatoms. The van der Waals surface area contributed by atoms with Gasteiger partial charge >= 0.3 is 5.97 Å². The second-order valence-electron chi connectivity index (χ2n) is 7.90. The molecule has 0 amide bonds. The molecule has 1 atom stereocenters. The molecule has 0 radical (unpaired) electrons. The van der Waals surface area contributed by atoms with E-state index in [4.69, 9.17) is 5.73 Å². The van der Waals surface area contributed by atoms with Crippen molar-refractivity contribution in [2.45, 2.75) is 70.8 Å². The molecule has 33 heavy (non-hydrogen) atoms. The first-order valence-electron chi connectivity index (χ1n) is 11.8. The average Bonchev–Trinajstić information content (AvgIpc) is 2.81. The van der Waals surface area contributed by atoms with Crippen molar-refractivity contribution >= 4 is 11.8 Å². The van der Waals surface area contributed by atoms with Gasteiger partial charge in [0.05, 0.1) is 11.6 Å². The third-order valence-corrected chi connectivity index (χ3v) is 5.10. The van der Waals surface area contributed by atoms with E-state index in [0.717, 1.165) is 6.42 Å². The Morgan fingerprint density at radius 3 is 2.21 bits per heavy atom. The molecular weight excluding hydrogens is 412 g/mol. The predicted molar refractivity (Wildman–Crippen MR) is 136 cm³/mol. The van der Waals surface area contributed by atoms with Gasteiger partial charge in [-0.3, -0.25) is 9.78 Å². The Morgan fingerprint density at radius 1 is 0.939 bits per heavy atom. The summed E-state index contributed by atoms with van der Waals surface area (Å²) in [6.45, 7) is 2.24. The van der Waals surface area contributed by atoms with Crippen molar-refractivity contribution in [3.05, 3.63) is 90.3 Å². The molecule has 0 aliphatic carbocycles. The quantitative estimate of drug-likeness (QED) is 0.169. The van der Waals surface area contributed by atoms with E-state index in [2.05, 4.69) is 24.1 Å². The number of hydrogen-bond donors (Lipinski definition) is 2. The number of carboxylic acid groups (broad SMARTS) is 1. The number of nitrogens with two attached hydrogens (primary N) is 1. The maximum atomic E-state index is 12.1. The molecule has 0 saturated heterocycles. The van der Waals surface area contributed by atoms with Crippen LogP contribution in [0.1, 0.15) is 74.2 Å². The van der Waals surface area contributed by atoms with E-state index in [-0.39, 0.29) is 17.8 Å². The van der Waals surface area contributed by atoms with Crippen molar-refractivity contribution in [3.8, 4) is 0 Å². The van der Waals surface area contributed by atoms with E-state index in [1.807, 2.05) is 30.4 Å². The fourth-order valence-corrected chi connectivity index (χ4v) is 3.18. The van der Waals surface area contributed by atoms with Gasteiger partial charge in [0, 0.05) is 12.4 Å². The zero-order valence-corrected chi connectivity index (χ0v) is 19.7. The maximum absolute atomic E-state index is 12.1. The van der Waals surface area contributed by atoms with Crippen LogP contribution in [0.4, 0.5) is 0 Å². The number of carbonyl (C=O) groups excluding carboxylic acids is 1. The molecule has 1 unspecified atom stereocenters. The van der Waals surface area contributed by atoms with E-state index >= 15 is 0 Å². The molecule has 0 aliphatic rings. The predicted octanol–water partition coefficient (Wildman–Crippen LogP) is 6.14. The topological polar surface area (TPSA) is 93.3 Å². The largest absolute Gasteiger partial charge is 0.478 e. The summed E-state index contributed by atoms with van der Waals surface area (Å²) in [5, 5.41) is 9.18. The molecule has 1 aromatic heterocycles. The van der Waals surface area contributed by atoms with Gasteiger partial charge in [-0.25, -0.2) is 4.79 Å². The lowest BCUT2D eigenvalue weighted by molar-refractivity contribution is -0.115. The summed E-state index contributed by atoms with van der Waals surface area (Å²) < 4.78 is 0. The first-order valence-corrected chi connectivity index (χ1v) is 11.8. The first-order chi connectivity index (χ1) is 16.1. The van der Waals surface area contributed by atoms with Crippen LogP contribution in [0, 0.1) is 0 Å². The minimum atomic E-state index is -1.08. The van der Waals surface area contributed by atoms with Gasteiger partial charge in [-0.1, -0.05) is 100 Å². The van der Waals surface area contributed by atoms with Crippen molar-refractivity contribution in [2.75, 3.05) is 0 Å². The van der Waals surface area contributed by atoms with Crippen LogP contribution in [0.2, 0.25) is 0 Å². The fraction of sp³-hybridized carbons (Fsp3) is 0.393. The lowest BCUT2D eigenvalue weighted by atomic mass is 10.00. The van der Waals surface area contributed by atoms with E-state index < -0.39 is 12.0 Å². The molecule has 0 aliphatic heterocycles. The van der Waals surface area contributed by atoms with Crippen molar-refractivity contribution in [3.63, 3.8) is 0 Å². The Morgan fingerprint density at radius 2 is 1.55 bits per heavy atom. The summed E-state index contributed by atoms with van der Waals surface area (Å²) in [6, 6.07) is 0.769. The van der Waals surface area contributed by atoms with Crippen LogP contribution in [-0.4, -0.2) is 27.9 Å². The molecule has 0 spiro atoms. The molecular formula is C28H38N2O3. The SMILES string of the molecule is CCCCCCCCCC=CC=CC=CC=CC=CC(=O)C(N)Cc1ccncc1C(=O)O. The van der Waals surface area contributed by atoms with E-state index in [1.165, 1.54) is 63.4 Å². The van der Waals surface area contributed by atoms with Crippen molar-refractivity contribution in [1.82, 2.24) is 4.98 Å². The minimum absolute atomic E-state index is 0.0652. The van der Waals surface area contributed by atoms with Gasteiger partial charge in [0.25, 0.3) is 0 Å². The van der Waals surface area contributed by atoms with E-state index in [0.29, 0.717) is 5.56 Å². The lowest BCUT2D eigenvalue weighted by Gasteiger charge is -2.10. The number of carboxylic acids is 1. The Labute approximate surface area is 198 Å². The molecule has 178 valence electrons. The van der Waals surface area contributed by atoms with Crippen molar-refractivity contribution < 1.29 is 14.7 Å². The number of carbonyl (C=O) groups is 2. The fourth-order valence-electron chi connectivity index (χ4n) is 3.18. The Balaban J connectivity index is 2.24. The molecule has 1 rings (SSSR count). The zero-order valence-electron chi connectivity index (χ0n) is 19.7. The maximum Gasteiger partial charge on any atom is 0.337 e. The van der Waals surface area contributed by atoms with Gasteiger partial charge in [0.1, 0.15) is 0 Å². The van der Waals surface area contributed by atoms with Gasteiger partial charge in [-0.15, -0.1) is 0 Å². The van der Waals surface area contributed by atoms with Crippen LogP contribution in [0.5, 0.6) is 0 Å². The molecule has 0 bridgehead atoms. The van der Waals surface area contributed by atoms with Gasteiger partial charge in [0.2, 0.25) is 0 Å². The van der Waals surface area contributed by atoms with Crippen molar-refractivity contribution in [1.29, 1.82) is 0 Å². The van der Waals surface area contributed by atoms with Gasteiger partial charge in [-0.05, 0) is 37.0 Å². The number of rotatable bonds is 17. The number of nitrogens with zero attached hydrogens (tertiary/aromatic N) is 1. The number of aromatic nitrogens is 1. The van der Waals surface area contributed by atoms with Crippen LogP contribution in [0.3, 0.4) is 0 Å². The molecule has 0 fully saturated rings. The van der Waals surface area contributed by atoms with Crippen LogP contribution in [0.25, 0.3) is 0 Å². The highest BCUT2D eigenvalue weighted by atomic mass is 16.4. The monoisotopic (exact) mass is 450 g/mol. The van der Waals surface area contributed by atoms with Crippen LogP contribution in [0.15, 0.2) is 79.2 Å². The molecule has 0 saturated carbocycles. The second kappa shape index (κ2) is 18.5. The average molecular weight is 451 g/mol. The Hall–Kier alpha value is -3.05. The standard InChI is InChI=1S/C28H38N2O3/c1-2-3-4-5-6-7-8-9-10-11-12-13-14-15-16-17-18-19-27(31)26(29)22-24-20-21-30-23-25(24)28(32)33/h10-21,23,26H,2-9,22,29H2,1H3,(H,32,33). The third-order valence-electron chi connectivity index (χ3n) is 5.10. The first kappa shape index (κ1) is 28.0. The lowest BCUT2D eigenvalue weighted by Crippen LogP contribution is -2.32. The highest BCUT2D eigenvalue weighted by Crippen LogP contribution is 2.10. The van der Waals surface area contributed by atoms with Gasteiger partial charge in [-0.2, -0.15) is 0 Å². The molecule has 0 aromatic carbocycles.